The van der Waals surface area contributed by atoms with Gasteiger partial charge in [-0.25, -0.2) is 8.42 Å². The van der Waals surface area contributed by atoms with Gasteiger partial charge in [0.15, 0.2) is 0 Å². The van der Waals surface area contributed by atoms with E-state index in [2.05, 4.69) is 11.8 Å². The molecule has 2 aliphatic rings. The summed E-state index contributed by atoms with van der Waals surface area (Å²) in [6.07, 6.45) is 2.94. The summed E-state index contributed by atoms with van der Waals surface area (Å²) < 4.78 is 32.6. The fraction of sp³-hybridized carbons (Fsp3) is 0.647. The molecule has 0 saturated carbocycles. The number of hydrogen-bond donors (Lipinski definition) is 0. The van der Waals surface area contributed by atoms with E-state index in [4.69, 9.17) is 4.74 Å². The van der Waals surface area contributed by atoms with Crippen LogP contribution in [0.3, 0.4) is 0 Å². The van der Waals surface area contributed by atoms with E-state index in [1.54, 1.807) is 4.31 Å². The third kappa shape index (κ3) is 4.53. The van der Waals surface area contributed by atoms with E-state index in [9.17, 15) is 8.42 Å². The van der Waals surface area contributed by atoms with Gasteiger partial charge >= 0.3 is 0 Å². The molecule has 0 aliphatic carbocycles. The molecule has 2 atom stereocenters. The molecule has 2 saturated heterocycles. The van der Waals surface area contributed by atoms with Crippen LogP contribution in [0.5, 0.6) is 0 Å². The Hall–Kier alpha value is -0.950. The van der Waals surface area contributed by atoms with Crippen molar-refractivity contribution in [3.05, 3.63) is 35.9 Å². The molecule has 0 bridgehead atoms. The zero-order valence-electron chi connectivity index (χ0n) is 13.7. The lowest BCUT2D eigenvalue weighted by Crippen LogP contribution is -2.50. The van der Waals surface area contributed by atoms with Gasteiger partial charge in [-0.1, -0.05) is 30.3 Å². The maximum Gasteiger partial charge on any atom is 0.218 e. The van der Waals surface area contributed by atoms with Crippen LogP contribution in [0.4, 0.5) is 0 Å². The lowest BCUT2D eigenvalue weighted by atomic mass is 10.2. The first-order valence-corrected chi connectivity index (χ1v) is 10.0. The SMILES string of the molecule is CC1CCC(CN2CCN(S(=O)(=O)Cc3ccccc3)CC2)O1. The average molecular weight is 338 g/mol. The summed E-state index contributed by atoms with van der Waals surface area (Å²) in [7, 11) is -3.22. The van der Waals surface area contributed by atoms with Gasteiger partial charge in [-0.05, 0) is 25.3 Å². The highest BCUT2D eigenvalue weighted by Crippen LogP contribution is 2.21. The molecule has 3 rings (SSSR count). The van der Waals surface area contributed by atoms with Crippen molar-refractivity contribution < 1.29 is 13.2 Å². The molecule has 23 heavy (non-hydrogen) atoms. The van der Waals surface area contributed by atoms with Crippen molar-refractivity contribution in [2.75, 3.05) is 32.7 Å². The minimum Gasteiger partial charge on any atom is -0.374 e. The zero-order valence-corrected chi connectivity index (χ0v) is 14.5. The quantitative estimate of drug-likeness (QED) is 0.820. The maximum absolute atomic E-state index is 12.5. The summed E-state index contributed by atoms with van der Waals surface area (Å²) in [4.78, 5) is 2.33. The lowest BCUT2D eigenvalue weighted by molar-refractivity contribution is 0.0251. The molecule has 2 fully saturated rings. The van der Waals surface area contributed by atoms with Crippen molar-refractivity contribution in [1.29, 1.82) is 0 Å². The molecule has 0 amide bonds. The Morgan fingerprint density at radius 2 is 1.78 bits per heavy atom. The van der Waals surface area contributed by atoms with Gasteiger partial charge in [-0.3, -0.25) is 4.90 Å². The van der Waals surface area contributed by atoms with Crippen molar-refractivity contribution in [3.63, 3.8) is 0 Å². The number of nitrogens with zero attached hydrogens (tertiary/aromatic N) is 2. The minimum atomic E-state index is -3.22. The molecule has 0 radical (unpaired) electrons. The van der Waals surface area contributed by atoms with Crippen LogP contribution < -0.4 is 0 Å². The standard InChI is InChI=1S/C17H26N2O3S/c1-15-7-8-17(22-15)13-18-9-11-19(12-10-18)23(20,21)14-16-5-3-2-4-6-16/h2-6,15,17H,7-14H2,1H3. The fourth-order valence-corrected chi connectivity index (χ4v) is 4.89. The molecular formula is C17H26N2O3S. The summed E-state index contributed by atoms with van der Waals surface area (Å²) in [5.74, 6) is 0.0943. The maximum atomic E-state index is 12.5. The van der Waals surface area contributed by atoms with Crippen LogP contribution in [0.15, 0.2) is 30.3 Å². The predicted octanol–water partition coefficient (Wildman–Crippen LogP) is 1.70. The first-order chi connectivity index (χ1) is 11.0. The van der Waals surface area contributed by atoms with E-state index < -0.39 is 10.0 Å². The van der Waals surface area contributed by atoms with Crippen LogP contribution in [0, 0.1) is 0 Å². The summed E-state index contributed by atoms with van der Waals surface area (Å²) in [5, 5.41) is 0. The van der Waals surface area contributed by atoms with Crippen LogP contribution in [0.2, 0.25) is 0 Å². The summed E-state index contributed by atoms with van der Waals surface area (Å²) in [6.45, 7) is 5.80. The summed E-state index contributed by atoms with van der Waals surface area (Å²) in [5.41, 5.74) is 0.850. The van der Waals surface area contributed by atoms with Crippen LogP contribution in [-0.2, 0) is 20.5 Å². The average Bonchev–Trinajstić information content (AvgIpc) is 2.93. The Morgan fingerprint density at radius 1 is 1.09 bits per heavy atom. The molecule has 128 valence electrons. The second-order valence-corrected chi connectivity index (χ2v) is 8.56. The van der Waals surface area contributed by atoms with Crippen molar-refractivity contribution in [2.45, 2.75) is 37.7 Å². The van der Waals surface area contributed by atoms with E-state index in [1.165, 1.54) is 0 Å². The van der Waals surface area contributed by atoms with Crippen molar-refractivity contribution in [2.24, 2.45) is 0 Å². The van der Waals surface area contributed by atoms with Crippen LogP contribution >= 0.6 is 0 Å². The number of ether oxygens (including phenoxy) is 1. The first-order valence-electron chi connectivity index (χ1n) is 8.42. The Morgan fingerprint density at radius 3 is 2.39 bits per heavy atom. The van der Waals surface area contributed by atoms with Gasteiger partial charge in [0.05, 0.1) is 18.0 Å². The van der Waals surface area contributed by atoms with Gasteiger partial charge in [0.2, 0.25) is 10.0 Å². The molecular weight excluding hydrogens is 312 g/mol. The summed E-state index contributed by atoms with van der Waals surface area (Å²) >= 11 is 0. The minimum absolute atomic E-state index is 0.0943. The van der Waals surface area contributed by atoms with Gasteiger partial charge in [-0.2, -0.15) is 4.31 Å². The van der Waals surface area contributed by atoms with Crippen molar-refractivity contribution in [1.82, 2.24) is 9.21 Å². The molecule has 6 heteroatoms. The zero-order chi connectivity index (χ0) is 16.3. The monoisotopic (exact) mass is 338 g/mol. The predicted molar refractivity (Wildman–Crippen MR) is 90.6 cm³/mol. The molecule has 1 aromatic carbocycles. The second kappa shape index (κ2) is 7.30. The van der Waals surface area contributed by atoms with Gasteiger partial charge in [0.25, 0.3) is 0 Å². The molecule has 2 aliphatic heterocycles. The third-order valence-electron chi connectivity index (χ3n) is 4.70. The van der Waals surface area contributed by atoms with E-state index in [0.717, 1.165) is 38.0 Å². The molecule has 0 N–H and O–H groups in total. The van der Waals surface area contributed by atoms with Gasteiger partial charge in [0, 0.05) is 32.7 Å². The smallest absolute Gasteiger partial charge is 0.218 e. The van der Waals surface area contributed by atoms with Crippen LogP contribution in [0.25, 0.3) is 0 Å². The highest BCUT2D eigenvalue weighted by Gasteiger charge is 2.29. The lowest BCUT2D eigenvalue weighted by Gasteiger charge is -2.35. The van der Waals surface area contributed by atoms with Crippen molar-refractivity contribution in [3.8, 4) is 0 Å². The van der Waals surface area contributed by atoms with Gasteiger partial charge in [-0.15, -0.1) is 0 Å². The topological polar surface area (TPSA) is 49.9 Å². The molecule has 1 aromatic rings. The van der Waals surface area contributed by atoms with E-state index >= 15 is 0 Å². The normalized spacial score (nSPS) is 27.3. The molecule has 5 nitrogen and oxygen atoms in total. The first kappa shape index (κ1) is 16.9. The van der Waals surface area contributed by atoms with E-state index in [-0.39, 0.29) is 5.75 Å². The Labute approximate surface area is 139 Å². The fourth-order valence-electron chi connectivity index (χ4n) is 3.37. The Balaban J connectivity index is 1.50. The molecule has 2 unspecified atom stereocenters. The highest BCUT2D eigenvalue weighted by molar-refractivity contribution is 7.88. The van der Waals surface area contributed by atoms with Gasteiger partial charge in [0.1, 0.15) is 0 Å². The van der Waals surface area contributed by atoms with Crippen LogP contribution in [0.1, 0.15) is 25.3 Å². The number of sulfonamides is 1. The molecule has 0 aromatic heterocycles. The highest BCUT2D eigenvalue weighted by atomic mass is 32.2. The summed E-state index contributed by atoms with van der Waals surface area (Å²) in [6, 6.07) is 9.40. The third-order valence-corrected chi connectivity index (χ3v) is 6.55. The Bertz CT molecular complexity index is 598. The Kier molecular flexibility index (Phi) is 5.36. The number of rotatable bonds is 5. The largest absolute Gasteiger partial charge is 0.374 e. The van der Waals surface area contributed by atoms with E-state index in [1.807, 2.05) is 30.3 Å². The number of hydrogen-bond acceptors (Lipinski definition) is 4. The van der Waals surface area contributed by atoms with Crippen LogP contribution in [-0.4, -0.2) is 62.6 Å². The van der Waals surface area contributed by atoms with Crippen molar-refractivity contribution >= 4 is 10.0 Å². The number of benzene rings is 1. The molecule has 0 spiro atoms. The van der Waals surface area contributed by atoms with Gasteiger partial charge < -0.3 is 4.74 Å². The van der Waals surface area contributed by atoms with E-state index in [0.29, 0.717) is 25.3 Å². The number of piperazine rings is 1. The molecule has 2 heterocycles. The second-order valence-electron chi connectivity index (χ2n) is 6.59.